The van der Waals surface area contributed by atoms with Gasteiger partial charge in [0.25, 0.3) is 5.56 Å². The van der Waals surface area contributed by atoms with Crippen molar-refractivity contribution in [2.45, 2.75) is 32.9 Å². The minimum absolute atomic E-state index is 0.0395. The third-order valence-electron chi connectivity index (χ3n) is 4.98. The predicted molar refractivity (Wildman–Crippen MR) is 102 cm³/mol. The molecule has 0 saturated carbocycles. The molecule has 1 aliphatic heterocycles. The molecule has 1 N–H and O–H groups in total. The average molecular weight is 346 g/mol. The van der Waals surface area contributed by atoms with Crippen LogP contribution in [0.5, 0.6) is 0 Å². The lowest BCUT2D eigenvalue weighted by molar-refractivity contribution is 0.241. The van der Waals surface area contributed by atoms with E-state index < -0.39 is 0 Å². The maximum atomic E-state index is 12.6. The van der Waals surface area contributed by atoms with E-state index in [1.807, 2.05) is 12.1 Å². The van der Waals surface area contributed by atoms with Crippen molar-refractivity contribution in [1.29, 1.82) is 0 Å². The zero-order valence-electron chi connectivity index (χ0n) is 14.9. The zero-order valence-corrected chi connectivity index (χ0v) is 14.9. The minimum atomic E-state index is -0.0395. The number of nitrogens with zero attached hydrogens (tertiary/aromatic N) is 3. The summed E-state index contributed by atoms with van der Waals surface area (Å²) in [5.41, 5.74) is 5.21. The maximum absolute atomic E-state index is 12.6. The standard InChI is InChI=1S/C21H22N4O/c1-2-15-6-3-4-7-17(15)13-25-11-9-19-18(14-25)21(26)24-20(23-19)16-8-5-10-22-12-16/h3-8,10,12H,2,9,11,13-14H2,1H3,(H,23,24,26). The Balaban J connectivity index is 1.59. The molecular weight excluding hydrogens is 324 g/mol. The molecule has 0 spiro atoms. The zero-order chi connectivity index (χ0) is 17.9. The number of aromatic amines is 1. The van der Waals surface area contributed by atoms with E-state index in [2.05, 4.69) is 46.1 Å². The Kier molecular flexibility index (Phi) is 4.63. The molecule has 1 aromatic carbocycles. The van der Waals surface area contributed by atoms with Gasteiger partial charge in [0.15, 0.2) is 0 Å². The monoisotopic (exact) mass is 346 g/mol. The Hall–Kier alpha value is -2.79. The topological polar surface area (TPSA) is 61.9 Å². The molecule has 0 fully saturated rings. The van der Waals surface area contributed by atoms with Crippen molar-refractivity contribution in [3.63, 3.8) is 0 Å². The highest BCUT2D eigenvalue weighted by Crippen LogP contribution is 2.20. The number of benzene rings is 1. The van der Waals surface area contributed by atoms with E-state index in [9.17, 15) is 4.79 Å². The molecule has 3 heterocycles. The van der Waals surface area contributed by atoms with Gasteiger partial charge in [0.2, 0.25) is 0 Å². The second-order valence-electron chi connectivity index (χ2n) is 6.66. The lowest BCUT2D eigenvalue weighted by atomic mass is 10.0. The van der Waals surface area contributed by atoms with Gasteiger partial charge < -0.3 is 4.98 Å². The normalized spacial score (nSPS) is 14.2. The Bertz CT molecular complexity index is 965. The first-order chi connectivity index (χ1) is 12.7. The van der Waals surface area contributed by atoms with Gasteiger partial charge in [-0.25, -0.2) is 4.98 Å². The molecule has 0 saturated heterocycles. The molecule has 4 rings (SSSR count). The quantitative estimate of drug-likeness (QED) is 0.789. The number of H-pyrrole nitrogens is 1. The molecule has 0 bridgehead atoms. The second kappa shape index (κ2) is 7.22. The Labute approximate surface area is 152 Å². The van der Waals surface area contributed by atoms with Crippen LogP contribution in [0, 0.1) is 0 Å². The van der Waals surface area contributed by atoms with Gasteiger partial charge in [-0.1, -0.05) is 31.2 Å². The molecule has 0 atom stereocenters. The number of fused-ring (bicyclic) bond motifs is 1. The van der Waals surface area contributed by atoms with Crippen LogP contribution < -0.4 is 5.56 Å². The Morgan fingerprint density at radius 3 is 2.77 bits per heavy atom. The molecule has 1 aliphatic rings. The number of aryl methyl sites for hydroxylation is 1. The first-order valence-corrected chi connectivity index (χ1v) is 9.06. The van der Waals surface area contributed by atoms with Crippen LogP contribution in [-0.2, 0) is 25.9 Å². The SMILES string of the molecule is CCc1ccccc1CN1CCc2nc(-c3cccnc3)[nH]c(=O)c2C1. The van der Waals surface area contributed by atoms with Gasteiger partial charge >= 0.3 is 0 Å². The summed E-state index contributed by atoms with van der Waals surface area (Å²) in [6.45, 7) is 4.60. The molecule has 0 aliphatic carbocycles. The summed E-state index contributed by atoms with van der Waals surface area (Å²) < 4.78 is 0. The molecule has 5 heteroatoms. The summed E-state index contributed by atoms with van der Waals surface area (Å²) in [7, 11) is 0. The first-order valence-electron chi connectivity index (χ1n) is 9.06. The first kappa shape index (κ1) is 16.7. The molecule has 2 aromatic heterocycles. The van der Waals surface area contributed by atoms with Gasteiger partial charge in [0, 0.05) is 44.0 Å². The molecule has 5 nitrogen and oxygen atoms in total. The van der Waals surface area contributed by atoms with E-state index in [-0.39, 0.29) is 5.56 Å². The van der Waals surface area contributed by atoms with Crippen LogP contribution >= 0.6 is 0 Å². The van der Waals surface area contributed by atoms with Crippen LogP contribution in [0.15, 0.2) is 53.6 Å². The van der Waals surface area contributed by atoms with Crippen molar-refractivity contribution < 1.29 is 0 Å². The van der Waals surface area contributed by atoms with Gasteiger partial charge in [0.1, 0.15) is 5.82 Å². The fraction of sp³-hybridized carbons (Fsp3) is 0.286. The van der Waals surface area contributed by atoms with Crippen LogP contribution in [-0.4, -0.2) is 26.4 Å². The lowest BCUT2D eigenvalue weighted by Gasteiger charge is -2.28. The van der Waals surface area contributed by atoms with Crippen molar-refractivity contribution in [1.82, 2.24) is 19.9 Å². The highest BCUT2D eigenvalue weighted by Gasteiger charge is 2.22. The third-order valence-corrected chi connectivity index (χ3v) is 4.98. The van der Waals surface area contributed by atoms with E-state index >= 15 is 0 Å². The average Bonchev–Trinajstić information content (AvgIpc) is 2.69. The molecule has 3 aromatic rings. The smallest absolute Gasteiger partial charge is 0.255 e. The summed E-state index contributed by atoms with van der Waals surface area (Å²) in [5, 5.41) is 0. The number of nitrogens with one attached hydrogen (secondary N) is 1. The summed E-state index contributed by atoms with van der Waals surface area (Å²) in [5.74, 6) is 0.603. The van der Waals surface area contributed by atoms with E-state index in [1.165, 1.54) is 11.1 Å². The van der Waals surface area contributed by atoms with Gasteiger partial charge in [-0.15, -0.1) is 0 Å². The van der Waals surface area contributed by atoms with Gasteiger partial charge in [-0.2, -0.15) is 0 Å². The van der Waals surface area contributed by atoms with Crippen molar-refractivity contribution in [2.75, 3.05) is 6.54 Å². The van der Waals surface area contributed by atoms with E-state index in [4.69, 9.17) is 4.98 Å². The van der Waals surface area contributed by atoms with Gasteiger partial charge in [-0.05, 0) is 29.7 Å². The molecule has 0 unspecified atom stereocenters. The van der Waals surface area contributed by atoms with Crippen LogP contribution in [0.2, 0.25) is 0 Å². The summed E-state index contributed by atoms with van der Waals surface area (Å²) in [6.07, 6.45) is 5.26. The van der Waals surface area contributed by atoms with Crippen molar-refractivity contribution in [3.8, 4) is 11.4 Å². The maximum Gasteiger partial charge on any atom is 0.255 e. The Morgan fingerprint density at radius 2 is 2.00 bits per heavy atom. The third kappa shape index (κ3) is 3.30. The van der Waals surface area contributed by atoms with Crippen LogP contribution in [0.3, 0.4) is 0 Å². The highest BCUT2D eigenvalue weighted by molar-refractivity contribution is 5.53. The van der Waals surface area contributed by atoms with Gasteiger partial charge in [0.05, 0.1) is 11.3 Å². The number of hydrogen-bond donors (Lipinski definition) is 1. The number of pyridine rings is 1. The fourth-order valence-electron chi connectivity index (χ4n) is 3.55. The molecule has 26 heavy (non-hydrogen) atoms. The molecule has 132 valence electrons. The van der Waals surface area contributed by atoms with Crippen molar-refractivity contribution in [3.05, 3.63) is 81.5 Å². The number of rotatable bonds is 4. The highest BCUT2D eigenvalue weighted by atomic mass is 16.1. The minimum Gasteiger partial charge on any atom is -0.306 e. The summed E-state index contributed by atoms with van der Waals surface area (Å²) >= 11 is 0. The molecule has 0 radical (unpaired) electrons. The summed E-state index contributed by atoms with van der Waals surface area (Å²) in [6, 6.07) is 12.3. The van der Waals surface area contributed by atoms with Crippen LogP contribution in [0.4, 0.5) is 0 Å². The number of hydrogen-bond acceptors (Lipinski definition) is 4. The fourth-order valence-corrected chi connectivity index (χ4v) is 3.55. The second-order valence-corrected chi connectivity index (χ2v) is 6.66. The molecule has 0 amide bonds. The Morgan fingerprint density at radius 1 is 1.15 bits per heavy atom. The van der Waals surface area contributed by atoms with E-state index in [0.717, 1.165) is 42.8 Å². The van der Waals surface area contributed by atoms with E-state index in [0.29, 0.717) is 12.4 Å². The van der Waals surface area contributed by atoms with E-state index in [1.54, 1.807) is 12.4 Å². The van der Waals surface area contributed by atoms with Crippen molar-refractivity contribution >= 4 is 0 Å². The predicted octanol–water partition coefficient (Wildman–Crippen LogP) is 2.95. The lowest BCUT2D eigenvalue weighted by Crippen LogP contribution is -2.35. The molecular formula is C21H22N4O. The van der Waals surface area contributed by atoms with Crippen molar-refractivity contribution in [2.24, 2.45) is 0 Å². The van der Waals surface area contributed by atoms with Crippen LogP contribution in [0.25, 0.3) is 11.4 Å². The van der Waals surface area contributed by atoms with Crippen LogP contribution in [0.1, 0.15) is 29.3 Å². The number of aromatic nitrogens is 3. The van der Waals surface area contributed by atoms with Gasteiger partial charge in [-0.3, -0.25) is 14.7 Å². The largest absolute Gasteiger partial charge is 0.306 e. The summed E-state index contributed by atoms with van der Waals surface area (Å²) in [4.78, 5) is 26.7.